The number of rotatable bonds is 3. The predicted octanol–water partition coefficient (Wildman–Crippen LogP) is 2.42. The Balaban J connectivity index is 1.79. The molecular formula is C13H17N3OS. The van der Waals surface area contributed by atoms with Gasteiger partial charge >= 0.3 is 0 Å². The second kappa shape index (κ2) is 5.18. The first-order chi connectivity index (χ1) is 8.85. The molecule has 0 amide bonds. The Morgan fingerprint density at radius 2 is 2.22 bits per heavy atom. The van der Waals surface area contributed by atoms with Gasteiger partial charge in [0.15, 0.2) is 11.5 Å². The minimum absolute atomic E-state index is 0.755. The van der Waals surface area contributed by atoms with Gasteiger partial charge in [0.2, 0.25) is 0 Å². The second-order valence-electron chi connectivity index (χ2n) is 4.66. The molecule has 4 nitrogen and oxygen atoms in total. The van der Waals surface area contributed by atoms with Crippen molar-refractivity contribution in [2.75, 3.05) is 18.6 Å². The summed E-state index contributed by atoms with van der Waals surface area (Å²) in [6.45, 7) is 0. The molecule has 3 rings (SSSR count). The van der Waals surface area contributed by atoms with E-state index in [1.54, 1.807) is 7.11 Å². The quantitative estimate of drug-likeness (QED) is 0.852. The van der Waals surface area contributed by atoms with Crippen LogP contribution < -0.4 is 4.74 Å². The van der Waals surface area contributed by atoms with Crippen molar-refractivity contribution in [1.29, 1.82) is 0 Å². The number of nitrogens with zero attached hydrogens (tertiary/aromatic N) is 3. The van der Waals surface area contributed by atoms with Crippen LogP contribution in [0.5, 0.6) is 5.75 Å². The minimum Gasteiger partial charge on any atom is -0.495 e. The number of aromatic nitrogens is 3. The number of hydrogen-bond donors (Lipinski definition) is 0. The largest absolute Gasteiger partial charge is 0.495 e. The zero-order valence-electron chi connectivity index (χ0n) is 10.5. The SMILES string of the molecule is COc1ccc2nc(CC3CCSCC3)nn2c1. The lowest BCUT2D eigenvalue weighted by molar-refractivity contribution is 0.411. The first-order valence-corrected chi connectivity index (χ1v) is 7.47. The molecule has 5 heteroatoms. The van der Waals surface area contributed by atoms with Crippen LogP contribution in [0.4, 0.5) is 0 Å². The van der Waals surface area contributed by atoms with Gasteiger partial charge < -0.3 is 4.74 Å². The van der Waals surface area contributed by atoms with Crippen LogP contribution in [-0.4, -0.2) is 33.2 Å². The Labute approximate surface area is 111 Å². The molecule has 18 heavy (non-hydrogen) atoms. The lowest BCUT2D eigenvalue weighted by Crippen LogP contribution is -2.13. The van der Waals surface area contributed by atoms with Crippen molar-refractivity contribution in [2.24, 2.45) is 5.92 Å². The molecule has 1 aliphatic rings. The van der Waals surface area contributed by atoms with Crippen LogP contribution >= 0.6 is 11.8 Å². The van der Waals surface area contributed by atoms with E-state index in [0.717, 1.165) is 29.6 Å². The highest BCUT2D eigenvalue weighted by Gasteiger charge is 2.16. The summed E-state index contributed by atoms with van der Waals surface area (Å²) in [6, 6.07) is 3.87. The molecule has 1 aliphatic heterocycles. The average Bonchev–Trinajstić information content (AvgIpc) is 2.80. The van der Waals surface area contributed by atoms with Crippen LogP contribution in [-0.2, 0) is 6.42 Å². The third-order valence-electron chi connectivity index (χ3n) is 3.40. The van der Waals surface area contributed by atoms with Crippen molar-refractivity contribution in [3.8, 4) is 5.75 Å². The van der Waals surface area contributed by atoms with Crippen LogP contribution in [0, 0.1) is 5.92 Å². The number of thioether (sulfide) groups is 1. The summed E-state index contributed by atoms with van der Waals surface area (Å²) in [7, 11) is 1.67. The van der Waals surface area contributed by atoms with Gasteiger partial charge in [0.25, 0.3) is 0 Å². The topological polar surface area (TPSA) is 39.4 Å². The molecule has 0 spiro atoms. The van der Waals surface area contributed by atoms with Gasteiger partial charge in [0.1, 0.15) is 5.75 Å². The van der Waals surface area contributed by atoms with Gasteiger partial charge in [-0.1, -0.05) is 0 Å². The maximum atomic E-state index is 5.19. The first-order valence-electron chi connectivity index (χ1n) is 6.32. The Bertz CT molecular complexity index is 534. The van der Waals surface area contributed by atoms with Gasteiger partial charge in [0.05, 0.1) is 13.3 Å². The molecule has 0 radical (unpaired) electrons. The molecule has 0 unspecified atom stereocenters. The highest BCUT2D eigenvalue weighted by atomic mass is 32.2. The Morgan fingerprint density at radius 3 is 3.00 bits per heavy atom. The molecule has 0 aromatic carbocycles. The third kappa shape index (κ3) is 2.46. The molecule has 2 aromatic heterocycles. The van der Waals surface area contributed by atoms with E-state index >= 15 is 0 Å². The van der Waals surface area contributed by atoms with Crippen molar-refractivity contribution in [1.82, 2.24) is 14.6 Å². The molecule has 1 fully saturated rings. The van der Waals surface area contributed by atoms with Crippen LogP contribution in [0.15, 0.2) is 18.3 Å². The fourth-order valence-electron chi connectivity index (χ4n) is 2.33. The molecule has 1 saturated heterocycles. The molecule has 0 bridgehead atoms. The normalized spacial score (nSPS) is 17.2. The lowest BCUT2D eigenvalue weighted by Gasteiger charge is -2.19. The second-order valence-corrected chi connectivity index (χ2v) is 5.88. The molecule has 0 N–H and O–H groups in total. The van der Waals surface area contributed by atoms with Crippen LogP contribution in [0.2, 0.25) is 0 Å². The Kier molecular flexibility index (Phi) is 3.41. The number of pyridine rings is 1. The minimum atomic E-state index is 0.755. The third-order valence-corrected chi connectivity index (χ3v) is 4.44. The summed E-state index contributed by atoms with van der Waals surface area (Å²) in [5.74, 6) is 5.09. The zero-order valence-corrected chi connectivity index (χ0v) is 11.3. The zero-order chi connectivity index (χ0) is 12.4. The molecule has 2 aromatic rings. The van der Waals surface area contributed by atoms with Crippen molar-refractivity contribution in [3.63, 3.8) is 0 Å². The standard InChI is InChI=1S/C13H17N3OS/c1-17-11-2-3-13-14-12(15-16(13)9-11)8-10-4-6-18-7-5-10/h2-3,9-10H,4-8H2,1H3. The Hall–Kier alpha value is -1.23. The van der Waals surface area contributed by atoms with Crippen LogP contribution in [0.25, 0.3) is 5.65 Å². The number of methoxy groups -OCH3 is 1. The summed E-state index contributed by atoms with van der Waals surface area (Å²) < 4.78 is 7.00. The molecule has 3 heterocycles. The van der Waals surface area contributed by atoms with Crippen LogP contribution in [0.3, 0.4) is 0 Å². The van der Waals surface area contributed by atoms with E-state index < -0.39 is 0 Å². The van der Waals surface area contributed by atoms with Crippen molar-refractivity contribution >= 4 is 17.4 Å². The average molecular weight is 263 g/mol. The van der Waals surface area contributed by atoms with Crippen molar-refractivity contribution in [2.45, 2.75) is 19.3 Å². The van der Waals surface area contributed by atoms with Crippen LogP contribution in [0.1, 0.15) is 18.7 Å². The Morgan fingerprint density at radius 1 is 1.39 bits per heavy atom. The summed E-state index contributed by atoms with van der Waals surface area (Å²) in [4.78, 5) is 4.57. The smallest absolute Gasteiger partial charge is 0.155 e. The van der Waals surface area contributed by atoms with E-state index in [1.165, 1.54) is 24.3 Å². The molecule has 0 aliphatic carbocycles. The summed E-state index contributed by atoms with van der Waals surface area (Å²) in [5.41, 5.74) is 0.899. The van der Waals surface area contributed by atoms with Gasteiger partial charge in [-0.3, -0.25) is 0 Å². The van der Waals surface area contributed by atoms with E-state index in [1.807, 2.05) is 22.8 Å². The summed E-state index contributed by atoms with van der Waals surface area (Å²) in [5, 5.41) is 4.53. The van der Waals surface area contributed by atoms with Crippen molar-refractivity contribution in [3.05, 3.63) is 24.2 Å². The van der Waals surface area contributed by atoms with E-state index in [4.69, 9.17) is 4.74 Å². The summed E-state index contributed by atoms with van der Waals surface area (Å²) >= 11 is 2.06. The lowest BCUT2D eigenvalue weighted by atomic mass is 9.99. The van der Waals surface area contributed by atoms with Gasteiger partial charge in [0, 0.05) is 6.42 Å². The van der Waals surface area contributed by atoms with Gasteiger partial charge in [-0.25, -0.2) is 9.50 Å². The van der Waals surface area contributed by atoms with E-state index in [0.29, 0.717) is 0 Å². The van der Waals surface area contributed by atoms with E-state index in [2.05, 4.69) is 21.8 Å². The molecule has 0 atom stereocenters. The van der Waals surface area contributed by atoms with Gasteiger partial charge in [-0.15, -0.1) is 0 Å². The monoisotopic (exact) mass is 263 g/mol. The highest BCUT2D eigenvalue weighted by molar-refractivity contribution is 7.99. The molecule has 96 valence electrons. The maximum Gasteiger partial charge on any atom is 0.155 e. The molecule has 0 saturated carbocycles. The van der Waals surface area contributed by atoms with Gasteiger partial charge in [-0.2, -0.15) is 16.9 Å². The molecular weight excluding hydrogens is 246 g/mol. The maximum absolute atomic E-state index is 5.19. The van der Waals surface area contributed by atoms with E-state index in [-0.39, 0.29) is 0 Å². The van der Waals surface area contributed by atoms with E-state index in [9.17, 15) is 0 Å². The number of ether oxygens (including phenoxy) is 1. The fourth-order valence-corrected chi connectivity index (χ4v) is 3.53. The highest BCUT2D eigenvalue weighted by Crippen LogP contribution is 2.25. The first kappa shape index (κ1) is 11.8. The summed E-state index contributed by atoms with van der Waals surface area (Å²) in [6.07, 6.45) is 5.47. The number of hydrogen-bond acceptors (Lipinski definition) is 4. The fraction of sp³-hybridized carbons (Fsp3) is 0.538. The predicted molar refractivity (Wildman–Crippen MR) is 73.3 cm³/mol. The van der Waals surface area contributed by atoms with Gasteiger partial charge in [-0.05, 0) is 42.4 Å². The number of fused-ring (bicyclic) bond motifs is 1. The van der Waals surface area contributed by atoms with Crippen molar-refractivity contribution < 1.29 is 4.74 Å².